The van der Waals surface area contributed by atoms with Crippen LogP contribution >= 0.6 is 0 Å². The summed E-state index contributed by atoms with van der Waals surface area (Å²) in [5, 5.41) is 0. The molecule has 1 saturated carbocycles. The molecule has 2 atom stereocenters. The molecule has 0 aromatic carbocycles. The molecule has 0 spiro atoms. The van der Waals surface area contributed by atoms with Crippen LogP contribution in [0.1, 0.15) is 46.5 Å². The molecule has 2 fully saturated rings. The van der Waals surface area contributed by atoms with Gasteiger partial charge in [-0.25, -0.2) is 4.79 Å². The predicted octanol–water partition coefficient (Wildman–Crippen LogP) is 1.90. The molecule has 1 aliphatic carbocycles. The first kappa shape index (κ1) is 14.2. The molecule has 0 aromatic heterocycles. The van der Waals surface area contributed by atoms with E-state index >= 15 is 0 Å². The number of hydrogen-bond acceptors (Lipinski definition) is 3. The minimum atomic E-state index is -0.482. The lowest BCUT2D eigenvalue weighted by molar-refractivity contribution is -0.121. The SMILES string of the molecule is CC(C)(C)OC(=O)N1CC2CCC(CC(N)=O)(C2)C1. The molecule has 0 radical (unpaired) electrons. The van der Waals surface area contributed by atoms with Crippen molar-refractivity contribution in [2.75, 3.05) is 13.1 Å². The van der Waals surface area contributed by atoms with Gasteiger partial charge in [-0.15, -0.1) is 0 Å². The Kier molecular flexibility index (Phi) is 3.49. The molecule has 108 valence electrons. The third-order valence-corrected chi connectivity index (χ3v) is 4.01. The van der Waals surface area contributed by atoms with Gasteiger partial charge in [0, 0.05) is 19.5 Å². The first-order chi connectivity index (χ1) is 8.69. The van der Waals surface area contributed by atoms with E-state index in [1.54, 1.807) is 4.90 Å². The molecule has 19 heavy (non-hydrogen) atoms. The van der Waals surface area contributed by atoms with Crippen molar-refractivity contribution in [3.63, 3.8) is 0 Å². The number of likely N-dealkylation sites (tertiary alicyclic amines) is 1. The highest BCUT2D eigenvalue weighted by Gasteiger charge is 2.47. The lowest BCUT2D eigenvalue weighted by Gasteiger charge is -2.40. The quantitative estimate of drug-likeness (QED) is 0.831. The van der Waals surface area contributed by atoms with E-state index in [0.717, 1.165) is 25.8 Å². The first-order valence-corrected chi connectivity index (χ1v) is 6.95. The van der Waals surface area contributed by atoms with Gasteiger partial charge in [0.25, 0.3) is 0 Å². The number of nitrogens with zero attached hydrogens (tertiary/aromatic N) is 1. The van der Waals surface area contributed by atoms with E-state index in [1.165, 1.54) is 0 Å². The second-order valence-electron chi connectivity index (χ2n) is 7.11. The zero-order valence-corrected chi connectivity index (χ0v) is 12.1. The van der Waals surface area contributed by atoms with Crippen molar-refractivity contribution >= 4 is 12.0 Å². The van der Waals surface area contributed by atoms with Gasteiger partial charge in [0.15, 0.2) is 0 Å². The average molecular weight is 268 g/mol. The average Bonchev–Trinajstić information content (AvgIpc) is 2.50. The van der Waals surface area contributed by atoms with Crippen molar-refractivity contribution in [3.05, 3.63) is 0 Å². The maximum atomic E-state index is 12.1. The topological polar surface area (TPSA) is 72.6 Å². The van der Waals surface area contributed by atoms with Gasteiger partial charge in [-0.3, -0.25) is 4.79 Å². The fourth-order valence-corrected chi connectivity index (χ4v) is 3.46. The molecular weight excluding hydrogens is 244 g/mol. The lowest BCUT2D eigenvalue weighted by atomic mass is 9.79. The van der Waals surface area contributed by atoms with E-state index < -0.39 is 5.60 Å². The third kappa shape index (κ3) is 3.39. The highest BCUT2D eigenvalue weighted by Crippen LogP contribution is 2.48. The Morgan fingerprint density at radius 3 is 2.68 bits per heavy atom. The van der Waals surface area contributed by atoms with Crippen molar-refractivity contribution in [2.45, 2.75) is 52.1 Å². The highest BCUT2D eigenvalue weighted by atomic mass is 16.6. The molecule has 0 aromatic rings. The van der Waals surface area contributed by atoms with Crippen LogP contribution < -0.4 is 5.73 Å². The summed E-state index contributed by atoms with van der Waals surface area (Å²) >= 11 is 0. The Hall–Kier alpha value is -1.26. The third-order valence-electron chi connectivity index (χ3n) is 4.01. The standard InChI is InChI=1S/C14H24N2O3/c1-13(2,3)19-12(18)16-8-10-4-5-14(6-10,9-16)7-11(15)17/h10H,4-9H2,1-3H3,(H2,15,17). The number of piperidine rings is 1. The number of ether oxygens (including phenoxy) is 1. The Bertz CT molecular complexity index is 389. The Morgan fingerprint density at radius 2 is 2.11 bits per heavy atom. The zero-order chi connectivity index (χ0) is 14.3. The van der Waals surface area contributed by atoms with Gasteiger partial charge in [-0.1, -0.05) is 0 Å². The van der Waals surface area contributed by atoms with Gasteiger partial charge in [-0.05, 0) is 51.4 Å². The van der Waals surface area contributed by atoms with Crippen LogP contribution in [0, 0.1) is 11.3 Å². The second-order valence-corrected chi connectivity index (χ2v) is 7.11. The lowest BCUT2D eigenvalue weighted by Crippen LogP contribution is -2.48. The molecule has 2 bridgehead atoms. The molecule has 1 heterocycles. The van der Waals surface area contributed by atoms with E-state index in [2.05, 4.69) is 0 Å². The predicted molar refractivity (Wildman–Crippen MR) is 71.4 cm³/mol. The summed E-state index contributed by atoms with van der Waals surface area (Å²) in [6.07, 6.45) is 3.18. The largest absolute Gasteiger partial charge is 0.444 e. The molecule has 2 aliphatic rings. The molecule has 5 nitrogen and oxygen atoms in total. The van der Waals surface area contributed by atoms with E-state index in [4.69, 9.17) is 10.5 Å². The van der Waals surface area contributed by atoms with Gasteiger partial charge < -0.3 is 15.4 Å². The molecular formula is C14H24N2O3. The van der Waals surface area contributed by atoms with Crippen molar-refractivity contribution in [1.82, 2.24) is 4.90 Å². The number of carbonyl (C=O) groups excluding carboxylic acids is 2. The van der Waals surface area contributed by atoms with Crippen LogP contribution in [-0.4, -0.2) is 35.6 Å². The molecule has 1 saturated heterocycles. The normalized spacial score (nSPS) is 30.3. The summed E-state index contributed by atoms with van der Waals surface area (Å²) in [5.41, 5.74) is 4.77. The van der Waals surface area contributed by atoms with Crippen LogP contribution in [0.3, 0.4) is 0 Å². The van der Waals surface area contributed by atoms with Gasteiger partial charge in [0.1, 0.15) is 5.60 Å². The van der Waals surface area contributed by atoms with Crippen LogP contribution in [0.5, 0.6) is 0 Å². The van der Waals surface area contributed by atoms with Crippen molar-refractivity contribution < 1.29 is 14.3 Å². The van der Waals surface area contributed by atoms with Crippen LogP contribution in [0.15, 0.2) is 0 Å². The van der Waals surface area contributed by atoms with Gasteiger partial charge in [0.2, 0.25) is 5.91 Å². The molecule has 2 unspecified atom stereocenters. The van der Waals surface area contributed by atoms with Crippen LogP contribution in [0.4, 0.5) is 4.79 Å². The summed E-state index contributed by atoms with van der Waals surface area (Å²) in [5.74, 6) is 0.215. The molecule has 2 amide bonds. The summed E-state index contributed by atoms with van der Waals surface area (Å²) in [4.78, 5) is 25.2. The van der Waals surface area contributed by atoms with Crippen molar-refractivity contribution in [2.24, 2.45) is 17.1 Å². The maximum Gasteiger partial charge on any atom is 0.410 e. The Morgan fingerprint density at radius 1 is 1.42 bits per heavy atom. The van der Waals surface area contributed by atoms with Gasteiger partial charge in [-0.2, -0.15) is 0 Å². The minimum absolute atomic E-state index is 0.106. The zero-order valence-electron chi connectivity index (χ0n) is 12.1. The number of fused-ring (bicyclic) bond motifs is 2. The van der Waals surface area contributed by atoms with Crippen molar-refractivity contribution in [3.8, 4) is 0 Å². The second kappa shape index (κ2) is 4.69. The van der Waals surface area contributed by atoms with Gasteiger partial charge >= 0.3 is 6.09 Å². The smallest absolute Gasteiger partial charge is 0.410 e. The Balaban J connectivity index is 2.05. The van der Waals surface area contributed by atoms with Crippen LogP contribution in [0.2, 0.25) is 0 Å². The summed E-state index contributed by atoms with van der Waals surface area (Å²) in [7, 11) is 0. The number of hydrogen-bond donors (Lipinski definition) is 1. The maximum absolute atomic E-state index is 12.1. The molecule has 5 heteroatoms. The molecule has 2 N–H and O–H groups in total. The fraction of sp³-hybridized carbons (Fsp3) is 0.857. The first-order valence-electron chi connectivity index (χ1n) is 6.95. The van der Waals surface area contributed by atoms with E-state index in [0.29, 0.717) is 18.9 Å². The highest BCUT2D eigenvalue weighted by molar-refractivity contribution is 5.75. The summed E-state index contributed by atoms with van der Waals surface area (Å²) < 4.78 is 5.42. The van der Waals surface area contributed by atoms with Gasteiger partial charge in [0.05, 0.1) is 0 Å². The van der Waals surface area contributed by atoms with E-state index in [9.17, 15) is 9.59 Å². The number of rotatable bonds is 2. The van der Waals surface area contributed by atoms with Crippen LogP contribution in [-0.2, 0) is 9.53 Å². The number of nitrogens with two attached hydrogens (primary N) is 1. The summed E-state index contributed by atoms with van der Waals surface area (Å²) in [6.45, 7) is 6.94. The number of primary amides is 1. The fourth-order valence-electron chi connectivity index (χ4n) is 3.46. The van der Waals surface area contributed by atoms with Crippen molar-refractivity contribution in [1.29, 1.82) is 0 Å². The summed E-state index contributed by atoms with van der Waals surface area (Å²) in [6, 6.07) is 0. The van der Waals surface area contributed by atoms with E-state index in [-0.39, 0.29) is 17.4 Å². The Labute approximate surface area is 114 Å². The molecule has 1 aliphatic heterocycles. The number of amides is 2. The number of carbonyl (C=O) groups is 2. The minimum Gasteiger partial charge on any atom is -0.444 e. The molecule has 2 rings (SSSR count). The van der Waals surface area contributed by atoms with E-state index in [1.807, 2.05) is 20.8 Å². The monoisotopic (exact) mass is 268 g/mol. The van der Waals surface area contributed by atoms with Crippen LogP contribution in [0.25, 0.3) is 0 Å².